The number of nitrogens with zero attached hydrogens (tertiary/aromatic N) is 6. The summed E-state index contributed by atoms with van der Waals surface area (Å²) in [4.78, 5) is 16.8. The molecule has 0 spiro atoms. The molecule has 0 aromatic carbocycles. The minimum Gasteiger partial charge on any atom is -0.307 e. The summed E-state index contributed by atoms with van der Waals surface area (Å²) in [6.45, 7) is 0.953. The van der Waals surface area contributed by atoms with Crippen molar-refractivity contribution in [2.75, 3.05) is 32.5 Å². The normalized spacial score (nSPS) is 19.1. The Hall–Kier alpha value is -2.17. The summed E-state index contributed by atoms with van der Waals surface area (Å²) in [5.74, 6) is 1.01. The molecule has 0 radical (unpaired) electrons. The second-order valence-electron chi connectivity index (χ2n) is 6.01. The van der Waals surface area contributed by atoms with E-state index in [0.717, 1.165) is 18.5 Å². The van der Waals surface area contributed by atoms with Gasteiger partial charge in [-0.15, -0.1) is 0 Å². The van der Waals surface area contributed by atoms with Crippen LogP contribution in [0.4, 0.5) is 11.8 Å². The van der Waals surface area contributed by atoms with Crippen molar-refractivity contribution in [2.24, 2.45) is 0 Å². The average molecular weight is 363 g/mol. The number of piperidine rings is 1. The van der Waals surface area contributed by atoms with Gasteiger partial charge in [0, 0.05) is 51.7 Å². The van der Waals surface area contributed by atoms with E-state index in [1.54, 1.807) is 38.9 Å². The molecule has 0 saturated carbocycles. The van der Waals surface area contributed by atoms with Crippen molar-refractivity contribution in [3.05, 3.63) is 36.5 Å². The minimum atomic E-state index is -3.41. The van der Waals surface area contributed by atoms with E-state index in [9.17, 15) is 8.42 Å². The molecule has 2 aromatic heterocycles. The Bertz CT molecular complexity index is 814. The zero-order chi connectivity index (χ0) is 17.9. The Morgan fingerprint density at radius 1 is 1.24 bits per heavy atom. The van der Waals surface area contributed by atoms with Crippen molar-refractivity contribution < 1.29 is 8.42 Å². The van der Waals surface area contributed by atoms with Gasteiger partial charge in [0.15, 0.2) is 5.82 Å². The summed E-state index contributed by atoms with van der Waals surface area (Å²) in [5.41, 5.74) is 0.819. The first kappa shape index (κ1) is 17.6. The molecule has 1 fully saturated rings. The lowest BCUT2D eigenvalue weighted by Gasteiger charge is -2.33. The monoisotopic (exact) mass is 363 g/mol. The molecule has 0 amide bonds. The lowest BCUT2D eigenvalue weighted by molar-refractivity contribution is 0.296. The predicted octanol–water partition coefficient (Wildman–Crippen LogP) is 0.996. The molecular weight excluding hydrogens is 342 g/mol. The standard InChI is InChI=1S/C15H21N7O2S/c1-21(2)25(23,24)22-9-3-4-12(11-22)13-5-6-18-15(19-13)20-14-10-16-7-8-17-14/h5-8,10,12H,3-4,9,11H2,1-2H3,(H,17,18,19,20)/t12-/m0/s1. The van der Waals surface area contributed by atoms with Crippen molar-refractivity contribution in [3.63, 3.8) is 0 Å². The zero-order valence-electron chi connectivity index (χ0n) is 14.2. The van der Waals surface area contributed by atoms with E-state index in [1.165, 1.54) is 8.61 Å². The summed E-state index contributed by atoms with van der Waals surface area (Å²) >= 11 is 0. The van der Waals surface area contributed by atoms with Crippen LogP contribution in [-0.4, -0.2) is 64.1 Å². The van der Waals surface area contributed by atoms with Gasteiger partial charge in [0.05, 0.1) is 11.9 Å². The topological polar surface area (TPSA) is 104 Å². The maximum atomic E-state index is 12.4. The molecule has 3 heterocycles. The highest BCUT2D eigenvalue weighted by Gasteiger charge is 2.31. The number of hydrogen-bond acceptors (Lipinski definition) is 7. The molecule has 3 rings (SSSR count). The third-order valence-electron chi connectivity index (χ3n) is 4.07. The Balaban J connectivity index is 1.76. The summed E-state index contributed by atoms with van der Waals surface area (Å²) in [6, 6.07) is 1.83. The van der Waals surface area contributed by atoms with E-state index in [0.29, 0.717) is 24.9 Å². The van der Waals surface area contributed by atoms with Crippen molar-refractivity contribution in [1.29, 1.82) is 0 Å². The van der Waals surface area contributed by atoms with E-state index in [1.807, 2.05) is 6.07 Å². The maximum Gasteiger partial charge on any atom is 0.281 e. The van der Waals surface area contributed by atoms with Crippen LogP contribution in [0.25, 0.3) is 0 Å². The van der Waals surface area contributed by atoms with Crippen LogP contribution in [0.3, 0.4) is 0 Å². The van der Waals surface area contributed by atoms with Gasteiger partial charge >= 0.3 is 0 Å². The van der Waals surface area contributed by atoms with Crippen LogP contribution < -0.4 is 5.32 Å². The number of anilines is 2. The quantitative estimate of drug-likeness (QED) is 0.845. The van der Waals surface area contributed by atoms with Gasteiger partial charge in [0.1, 0.15) is 0 Å². The molecule has 1 aliphatic heterocycles. The number of nitrogens with one attached hydrogen (secondary N) is 1. The van der Waals surface area contributed by atoms with Gasteiger partial charge in [-0.3, -0.25) is 4.98 Å². The van der Waals surface area contributed by atoms with Crippen LogP contribution in [0.1, 0.15) is 24.5 Å². The first-order valence-corrected chi connectivity index (χ1v) is 9.40. The predicted molar refractivity (Wildman–Crippen MR) is 93.5 cm³/mol. The molecule has 1 N–H and O–H groups in total. The van der Waals surface area contributed by atoms with Gasteiger partial charge in [-0.25, -0.2) is 15.0 Å². The lowest BCUT2D eigenvalue weighted by Crippen LogP contribution is -2.45. The molecule has 1 saturated heterocycles. The fourth-order valence-corrected chi connectivity index (χ4v) is 3.95. The largest absolute Gasteiger partial charge is 0.307 e. The van der Waals surface area contributed by atoms with Crippen LogP contribution in [0.5, 0.6) is 0 Å². The summed E-state index contributed by atoms with van der Waals surface area (Å²) in [5, 5.41) is 3.01. The van der Waals surface area contributed by atoms with Crippen molar-refractivity contribution >= 4 is 22.0 Å². The molecule has 25 heavy (non-hydrogen) atoms. The fourth-order valence-electron chi connectivity index (χ4n) is 2.76. The van der Waals surface area contributed by atoms with Crippen LogP contribution >= 0.6 is 0 Å². The second-order valence-corrected chi connectivity index (χ2v) is 8.15. The van der Waals surface area contributed by atoms with Crippen LogP contribution in [0.2, 0.25) is 0 Å². The van der Waals surface area contributed by atoms with E-state index in [4.69, 9.17) is 0 Å². The first-order chi connectivity index (χ1) is 12.0. The third-order valence-corrected chi connectivity index (χ3v) is 5.98. The van der Waals surface area contributed by atoms with Crippen LogP contribution in [0.15, 0.2) is 30.9 Å². The molecule has 1 atom stereocenters. The molecule has 0 unspecified atom stereocenters. The summed E-state index contributed by atoms with van der Waals surface area (Å²) in [6.07, 6.45) is 8.11. The number of aromatic nitrogens is 4. The number of hydrogen-bond donors (Lipinski definition) is 1. The lowest BCUT2D eigenvalue weighted by atomic mass is 9.96. The van der Waals surface area contributed by atoms with Crippen molar-refractivity contribution in [3.8, 4) is 0 Å². The van der Waals surface area contributed by atoms with Gasteiger partial charge < -0.3 is 5.32 Å². The van der Waals surface area contributed by atoms with Crippen LogP contribution in [0, 0.1) is 0 Å². The van der Waals surface area contributed by atoms with E-state index in [2.05, 4.69) is 25.3 Å². The summed E-state index contributed by atoms with van der Waals surface area (Å²) in [7, 11) is -0.314. The maximum absolute atomic E-state index is 12.4. The van der Waals surface area contributed by atoms with E-state index in [-0.39, 0.29) is 5.92 Å². The Labute approximate surface area is 147 Å². The van der Waals surface area contributed by atoms with E-state index < -0.39 is 10.2 Å². The molecule has 2 aromatic rings. The Kier molecular flexibility index (Phi) is 5.21. The highest BCUT2D eigenvalue weighted by molar-refractivity contribution is 7.86. The second kappa shape index (κ2) is 7.38. The van der Waals surface area contributed by atoms with Crippen molar-refractivity contribution in [2.45, 2.75) is 18.8 Å². The molecule has 1 aliphatic rings. The van der Waals surface area contributed by atoms with E-state index >= 15 is 0 Å². The zero-order valence-corrected chi connectivity index (χ0v) is 15.0. The Morgan fingerprint density at radius 2 is 2.08 bits per heavy atom. The average Bonchev–Trinajstić information content (AvgIpc) is 2.63. The Morgan fingerprint density at radius 3 is 2.80 bits per heavy atom. The van der Waals surface area contributed by atoms with Crippen molar-refractivity contribution in [1.82, 2.24) is 28.5 Å². The molecule has 9 nitrogen and oxygen atoms in total. The summed E-state index contributed by atoms with van der Waals surface area (Å²) < 4.78 is 27.5. The van der Waals surface area contributed by atoms with Crippen LogP contribution in [-0.2, 0) is 10.2 Å². The molecule has 134 valence electrons. The molecule has 0 bridgehead atoms. The molecule has 0 aliphatic carbocycles. The SMILES string of the molecule is CN(C)S(=O)(=O)N1CCC[C@H](c2ccnc(Nc3cnccn3)n2)C1. The highest BCUT2D eigenvalue weighted by Crippen LogP contribution is 2.28. The number of rotatable bonds is 5. The molecule has 10 heteroatoms. The van der Waals surface area contributed by atoms with Gasteiger partial charge in [0.2, 0.25) is 5.95 Å². The fraction of sp³-hybridized carbons (Fsp3) is 0.467. The highest BCUT2D eigenvalue weighted by atomic mass is 32.2. The van der Waals surface area contributed by atoms with Gasteiger partial charge in [-0.05, 0) is 18.9 Å². The first-order valence-electron chi connectivity index (χ1n) is 8.00. The van der Waals surface area contributed by atoms with Gasteiger partial charge in [-0.1, -0.05) is 0 Å². The third kappa shape index (κ3) is 4.09. The van der Waals surface area contributed by atoms with Gasteiger partial charge in [0.25, 0.3) is 10.2 Å². The smallest absolute Gasteiger partial charge is 0.281 e. The molecular formula is C15H21N7O2S. The minimum absolute atomic E-state index is 0.0360. The van der Waals surface area contributed by atoms with Gasteiger partial charge in [-0.2, -0.15) is 17.0 Å².